The highest BCUT2D eigenvalue weighted by Crippen LogP contribution is 2.15. The van der Waals surface area contributed by atoms with Crippen LogP contribution in [0.2, 0.25) is 0 Å². The number of nitrogens with zero attached hydrogens (tertiary/aromatic N) is 1. The highest BCUT2D eigenvalue weighted by Gasteiger charge is 2.13. The van der Waals surface area contributed by atoms with Crippen LogP contribution in [0.5, 0.6) is 0 Å². The molecular formula is C24H35NO2. The van der Waals surface area contributed by atoms with E-state index in [9.17, 15) is 10.0 Å². The first-order chi connectivity index (χ1) is 13.0. The molecule has 1 aromatic heterocycles. The van der Waals surface area contributed by atoms with Gasteiger partial charge in [0.25, 0.3) is 0 Å². The van der Waals surface area contributed by atoms with Gasteiger partial charge in [0.15, 0.2) is 5.43 Å². The molecule has 27 heavy (non-hydrogen) atoms. The zero-order chi connectivity index (χ0) is 19.6. The van der Waals surface area contributed by atoms with Crippen LogP contribution in [0, 0.1) is 20.8 Å². The Morgan fingerprint density at radius 3 is 1.85 bits per heavy atom. The lowest BCUT2D eigenvalue weighted by molar-refractivity contribution is 0.165. The lowest BCUT2D eigenvalue weighted by Gasteiger charge is -2.15. The zero-order valence-corrected chi connectivity index (χ0v) is 17.3. The predicted octanol–water partition coefficient (Wildman–Crippen LogP) is 5.92. The Labute approximate surface area is 164 Å². The predicted molar refractivity (Wildman–Crippen MR) is 113 cm³/mol. The normalized spacial score (nSPS) is 11.1. The van der Waals surface area contributed by atoms with E-state index in [0.29, 0.717) is 16.8 Å². The summed E-state index contributed by atoms with van der Waals surface area (Å²) in [6, 6.07) is 10.7. The van der Waals surface area contributed by atoms with Crippen LogP contribution < -0.4 is 5.43 Å². The molecule has 0 saturated carbocycles. The van der Waals surface area contributed by atoms with Crippen LogP contribution in [0.15, 0.2) is 35.1 Å². The van der Waals surface area contributed by atoms with Gasteiger partial charge in [-0.15, -0.1) is 0 Å². The van der Waals surface area contributed by atoms with Crippen LogP contribution >= 0.6 is 0 Å². The Morgan fingerprint density at radius 1 is 0.741 bits per heavy atom. The average molecular weight is 370 g/mol. The lowest BCUT2D eigenvalue weighted by Crippen LogP contribution is -2.21. The Kier molecular flexibility index (Phi) is 8.63. The quantitative estimate of drug-likeness (QED) is 0.395. The Hall–Kier alpha value is -2.03. The number of hydrogen-bond acceptors (Lipinski definition) is 2. The highest BCUT2D eigenvalue weighted by atomic mass is 16.5. The molecule has 1 N–H and O–H groups in total. The third-order valence-corrected chi connectivity index (χ3v) is 5.70. The van der Waals surface area contributed by atoms with Crippen molar-refractivity contribution in [3.05, 3.63) is 68.6 Å². The fraction of sp³-hybridized carbons (Fsp3) is 0.542. The maximum Gasteiger partial charge on any atom is 0.188 e. The Morgan fingerprint density at radius 2 is 1.26 bits per heavy atom. The summed E-state index contributed by atoms with van der Waals surface area (Å²) in [5, 5.41) is 10.3. The molecule has 0 atom stereocenters. The Balaban J connectivity index is 1.57. The van der Waals surface area contributed by atoms with Crippen molar-refractivity contribution in [2.24, 2.45) is 0 Å². The van der Waals surface area contributed by atoms with Gasteiger partial charge in [0.1, 0.15) is 0 Å². The molecule has 3 heteroatoms. The van der Waals surface area contributed by atoms with E-state index in [1.807, 2.05) is 6.92 Å². The molecule has 2 rings (SSSR count). The SMILES string of the molecule is Cc1c(C)n(O)c(CCCCCCCCCCc2ccccc2)c(C)c1=O. The van der Waals surface area contributed by atoms with E-state index < -0.39 is 0 Å². The maximum atomic E-state index is 12.2. The minimum absolute atomic E-state index is 0.0725. The average Bonchev–Trinajstić information content (AvgIpc) is 2.69. The molecule has 0 bridgehead atoms. The third-order valence-electron chi connectivity index (χ3n) is 5.70. The standard InChI is InChI=1S/C24H35NO2/c1-19-21(3)25(27)23(20(2)24(19)26)18-14-9-7-5-4-6-8-11-15-22-16-12-10-13-17-22/h10,12-13,16-17,27H,4-9,11,14-15,18H2,1-3H3. The minimum Gasteiger partial charge on any atom is -0.428 e. The van der Waals surface area contributed by atoms with E-state index in [-0.39, 0.29) is 5.43 Å². The van der Waals surface area contributed by atoms with Crippen LogP contribution in [-0.2, 0) is 12.8 Å². The Bertz CT molecular complexity index is 762. The fourth-order valence-corrected chi connectivity index (χ4v) is 3.72. The lowest BCUT2D eigenvalue weighted by atomic mass is 10.0. The monoisotopic (exact) mass is 369 g/mol. The van der Waals surface area contributed by atoms with Crippen molar-refractivity contribution in [2.75, 3.05) is 0 Å². The van der Waals surface area contributed by atoms with Gasteiger partial charge in [-0.3, -0.25) is 4.79 Å². The summed E-state index contributed by atoms with van der Waals surface area (Å²) in [5.41, 5.74) is 4.30. The van der Waals surface area contributed by atoms with E-state index in [1.165, 1.54) is 55.2 Å². The molecule has 3 nitrogen and oxygen atoms in total. The van der Waals surface area contributed by atoms with E-state index in [0.717, 1.165) is 25.0 Å². The van der Waals surface area contributed by atoms with Gasteiger partial charge in [-0.1, -0.05) is 68.9 Å². The van der Waals surface area contributed by atoms with Gasteiger partial charge in [0.2, 0.25) is 0 Å². The number of unbranched alkanes of at least 4 members (excludes halogenated alkanes) is 7. The number of pyridine rings is 1. The number of rotatable bonds is 11. The van der Waals surface area contributed by atoms with Crippen molar-refractivity contribution < 1.29 is 5.21 Å². The van der Waals surface area contributed by atoms with Gasteiger partial charge in [-0.25, -0.2) is 0 Å². The molecule has 0 aliphatic rings. The first-order valence-corrected chi connectivity index (χ1v) is 10.5. The molecule has 0 amide bonds. The van der Waals surface area contributed by atoms with Gasteiger partial charge >= 0.3 is 0 Å². The second-order valence-corrected chi connectivity index (χ2v) is 7.74. The second-order valence-electron chi connectivity index (χ2n) is 7.74. The summed E-state index contributed by atoms with van der Waals surface area (Å²) in [5.74, 6) is 0. The number of aryl methyl sites for hydroxylation is 1. The maximum absolute atomic E-state index is 12.2. The van der Waals surface area contributed by atoms with Crippen molar-refractivity contribution in [3.8, 4) is 0 Å². The summed E-state index contributed by atoms with van der Waals surface area (Å²) in [4.78, 5) is 12.2. The second kappa shape index (κ2) is 11.0. The topological polar surface area (TPSA) is 42.2 Å². The molecule has 1 aromatic carbocycles. The minimum atomic E-state index is 0.0725. The molecule has 0 fully saturated rings. The molecule has 2 aromatic rings. The highest BCUT2D eigenvalue weighted by molar-refractivity contribution is 5.29. The molecule has 0 unspecified atom stereocenters. The number of benzene rings is 1. The molecule has 0 aliphatic heterocycles. The molecule has 0 radical (unpaired) electrons. The van der Waals surface area contributed by atoms with Crippen LogP contribution in [0.4, 0.5) is 0 Å². The van der Waals surface area contributed by atoms with E-state index in [4.69, 9.17) is 0 Å². The van der Waals surface area contributed by atoms with Gasteiger partial charge < -0.3 is 5.21 Å². The first-order valence-electron chi connectivity index (χ1n) is 10.5. The van der Waals surface area contributed by atoms with Crippen LogP contribution in [0.25, 0.3) is 0 Å². The molecule has 0 aliphatic carbocycles. The van der Waals surface area contributed by atoms with Gasteiger partial charge in [0.05, 0.1) is 11.4 Å². The van der Waals surface area contributed by atoms with Crippen LogP contribution in [-0.4, -0.2) is 9.94 Å². The van der Waals surface area contributed by atoms with Gasteiger partial charge in [-0.2, -0.15) is 4.73 Å². The summed E-state index contributed by atoms with van der Waals surface area (Å²) < 4.78 is 1.22. The van der Waals surface area contributed by atoms with Gasteiger partial charge in [0, 0.05) is 11.1 Å². The molecule has 1 heterocycles. The van der Waals surface area contributed by atoms with E-state index in [1.54, 1.807) is 13.8 Å². The van der Waals surface area contributed by atoms with E-state index >= 15 is 0 Å². The number of aromatic nitrogens is 1. The van der Waals surface area contributed by atoms with Gasteiger partial charge in [-0.05, 0) is 52.0 Å². The summed E-state index contributed by atoms with van der Waals surface area (Å²) in [6.45, 7) is 5.41. The first kappa shape index (κ1) is 21.3. The number of hydrogen-bond donors (Lipinski definition) is 1. The van der Waals surface area contributed by atoms with E-state index in [2.05, 4.69) is 30.3 Å². The molecule has 0 saturated heterocycles. The largest absolute Gasteiger partial charge is 0.428 e. The van der Waals surface area contributed by atoms with Crippen molar-refractivity contribution in [1.82, 2.24) is 4.73 Å². The van der Waals surface area contributed by atoms with Crippen LogP contribution in [0.3, 0.4) is 0 Å². The smallest absolute Gasteiger partial charge is 0.188 e. The van der Waals surface area contributed by atoms with Crippen molar-refractivity contribution in [2.45, 2.75) is 85.0 Å². The fourth-order valence-electron chi connectivity index (χ4n) is 3.72. The summed E-state index contributed by atoms with van der Waals surface area (Å²) >= 11 is 0. The third kappa shape index (κ3) is 6.27. The van der Waals surface area contributed by atoms with Crippen molar-refractivity contribution >= 4 is 0 Å². The molecular weight excluding hydrogens is 334 g/mol. The van der Waals surface area contributed by atoms with Crippen molar-refractivity contribution in [3.63, 3.8) is 0 Å². The van der Waals surface area contributed by atoms with Crippen molar-refractivity contribution in [1.29, 1.82) is 0 Å². The molecule has 0 spiro atoms. The summed E-state index contributed by atoms with van der Waals surface area (Å²) in [6.07, 6.45) is 11.9. The molecule has 148 valence electrons. The van der Waals surface area contributed by atoms with Crippen LogP contribution in [0.1, 0.15) is 79.4 Å². The zero-order valence-electron chi connectivity index (χ0n) is 17.3. The summed E-state index contributed by atoms with van der Waals surface area (Å²) in [7, 11) is 0.